The molecule has 300 valence electrons. The molecule has 0 N–H and O–H groups in total. The van der Waals surface area contributed by atoms with E-state index in [0.717, 1.165) is 123 Å². The van der Waals surface area contributed by atoms with Gasteiger partial charge in [-0.2, -0.15) is 0 Å². The maximum Gasteiger partial charge on any atom is 0.0113 e. The van der Waals surface area contributed by atoms with Crippen molar-refractivity contribution in [1.82, 2.24) is 0 Å². The first-order valence-corrected chi connectivity index (χ1v) is 22.3. The highest BCUT2D eigenvalue weighted by Crippen LogP contribution is 2.25. The molecule has 0 aromatic carbocycles. The summed E-state index contributed by atoms with van der Waals surface area (Å²) >= 11 is 59.4. The van der Waals surface area contributed by atoms with Crippen molar-refractivity contribution in [2.45, 2.75) is 175 Å². The number of rotatable bonds is 16. The molecule has 0 aromatic heterocycles. The summed E-state index contributed by atoms with van der Waals surface area (Å²) in [4.78, 5) is 12.3. The van der Waals surface area contributed by atoms with E-state index in [1.807, 2.05) is 41.5 Å². The zero-order chi connectivity index (χ0) is 43.0. The number of hydrogen-bond acceptors (Lipinski definition) is 12. The second-order valence-corrected chi connectivity index (χ2v) is 21.7. The van der Waals surface area contributed by atoms with E-state index >= 15 is 0 Å². The monoisotopic (exact) mass is 932 g/mol. The summed E-state index contributed by atoms with van der Waals surface area (Å²) in [6, 6.07) is 0. The highest BCUT2D eigenvalue weighted by atomic mass is 32.1. The fourth-order valence-corrected chi connectivity index (χ4v) is 5.49. The van der Waals surface area contributed by atoms with Crippen LogP contribution in [0.1, 0.15) is 175 Å². The minimum absolute atomic E-state index is 0.102. The van der Waals surface area contributed by atoms with Crippen LogP contribution in [-0.4, -0.2) is 58.4 Å². The van der Waals surface area contributed by atoms with Crippen LogP contribution < -0.4 is 0 Å². The third-order valence-corrected chi connectivity index (χ3v) is 9.97. The summed E-state index contributed by atoms with van der Waals surface area (Å²) < 4.78 is 0. The van der Waals surface area contributed by atoms with Crippen LogP contribution in [0.15, 0.2) is 0 Å². The lowest BCUT2D eigenvalue weighted by Crippen LogP contribution is -2.26. The highest BCUT2D eigenvalue weighted by molar-refractivity contribution is 7.84. The maximum absolute atomic E-state index is 5.35. The lowest BCUT2D eigenvalue weighted by Gasteiger charge is -2.25. The lowest BCUT2D eigenvalue weighted by atomic mass is 9.83. The van der Waals surface area contributed by atoms with E-state index in [1.54, 1.807) is 0 Å². The van der Waals surface area contributed by atoms with Gasteiger partial charge in [-0.05, 0) is 127 Å². The predicted octanol–water partition coefficient (Wildman–Crippen LogP) is 16.5. The Kier molecular flexibility index (Phi) is 48.6. The zero-order valence-corrected chi connectivity index (χ0v) is 44.8. The van der Waals surface area contributed by atoms with Crippen LogP contribution in [0.5, 0.6) is 0 Å². The molecule has 0 fully saturated rings. The van der Waals surface area contributed by atoms with Gasteiger partial charge in [0, 0.05) is 48.3 Å². The second kappa shape index (κ2) is 38.9. The van der Waals surface area contributed by atoms with E-state index in [-0.39, 0.29) is 10.8 Å². The van der Waals surface area contributed by atoms with Crippen molar-refractivity contribution in [3.8, 4) is 0 Å². The quantitative estimate of drug-likeness (QED) is 0.135. The fraction of sp³-hybridized carbons (Fsp3) is 0.700. The van der Waals surface area contributed by atoms with Crippen LogP contribution >= 0.6 is 147 Å². The van der Waals surface area contributed by atoms with Crippen molar-refractivity contribution >= 4 is 205 Å². The van der Waals surface area contributed by atoms with Crippen molar-refractivity contribution in [1.29, 1.82) is 0 Å². The van der Waals surface area contributed by atoms with Crippen molar-refractivity contribution < 1.29 is 0 Å². The average molecular weight is 934 g/mol. The third kappa shape index (κ3) is 63.0. The van der Waals surface area contributed by atoms with Gasteiger partial charge in [0.25, 0.3) is 0 Å². The largest absolute Gasteiger partial charge is 0.0896 e. The molecular formula is C40H68S12. The van der Waals surface area contributed by atoms with E-state index in [9.17, 15) is 0 Å². The second-order valence-electron chi connectivity index (χ2n) is 14.2. The van der Waals surface area contributed by atoms with E-state index in [1.165, 1.54) is 0 Å². The molecule has 0 saturated heterocycles. The normalized spacial score (nSPS) is 9.69. The first-order valence-electron chi connectivity index (χ1n) is 17.4. The highest BCUT2D eigenvalue weighted by Gasteiger charge is 2.23. The summed E-state index contributed by atoms with van der Waals surface area (Å²) in [7, 11) is 0. The standard InChI is InChI=1S/C11H20S2.C7H12S2.2C6H10S2.2C5H8S2/c1-10(2,3)8(12)7-9(13)11(4,5)6;1-3-6(8)5-7(9)4-2;2*1-3-6(8)4-5(2)7;2*1-4(6)3-5(2)7/h7H2,1-6H3;3-5H2,1-2H3;2*3-4H2,1-2H3;2*3H2,1-2H3. The molecule has 0 aromatic rings. The summed E-state index contributed by atoms with van der Waals surface area (Å²) in [5, 5.41) is 0. The first-order chi connectivity index (χ1) is 23.3. The Balaban J connectivity index is -0.000000124. The van der Waals surface area contributed by atoms with E-state index in [0.29, 0.717) is 0 Å². The van der Waals surface area contributed by atoms with Gasteiger partial charge in [0.1, 0.15) is 0 Å². The SMILES string of the molecule is CC(=S)CC(C)=S.CC(=S)CC(C)=S.CC(C)(C)C(=S)CC(=S)C(C)(C)C.CCC(=S)CC(=S)CC.CCC(=S)CC(C)=S.CCC(=S)CC(C)=S. The molecule has 0 radical (unpaired) electrons. The van der Waals surface area contributed by atoms with Gasteiger partial charge in [0.05, 0.1) is 0 Å². The van der Waals surface area contributed by atoms with Gasteiger partial charge in [-0.1, -0.05) is 216 Å². The summed E-state index contributed by atoms with van der Waals surface area (Å²) in [6.45, 7) is 32.6. The van der Waals surface area contributed by atoms with Gasteiger partial charge in [0.2, 0.25) is 0 Å². The Hall–Kier alpha value is 1.08. The minimum atomic E-state index is 0.102. The fourth-order valence-electron chi connectivity index (χ4n) is 2.65. The molecule has 0 saturated carbocycles. The molecule has 0 spiro atoms. The average Bonchev–Trinajstić information content (AvgIpc) is 2.95. The van der Waals surface area contributed by atoms with Crippen LogP contribution in [-0.2, 0) is 0 Å². The van der Waals surface area contributed by atoms with Gasteiger partial charge in [-0.25, -0.2) is 0 Å². The topological polar surface area (TPSA) is 0 Å². The van der Waals surface area contributed by atoms with Crippen LogP contribution in [0.2, 0.25) is 0 Å². The molecule has 0 bridgehead atoms. The Morgan fingerprint density at radius 1 is 0.288 bits per heavy atom. The zero-order valence-electron chi connectivity index (χ0n) is 35.0. The Morgan fingerprint density at radius 2 is 0.462 bits per heavy atom. The van der Waals surface area contributed by atoms with E-state index in [2.05, 4.69) is 69.2 Å². The molecular weight excluding hydrogens is 865 g/mol. The maximum atomic E-state index is 5.35. The van der Waals surface area contributed by atoms with Gasteiger partial charge < -0.3 is 0 Å². The summed E-state index contributed by atoms with van der Waals surface area (Å²) in [5.41, 5.74) is 0.204. The molecule has 0 amide bonds. The van der Waals surface area contributed by atoms with Gasteiger partial charge in [-0.3, -0.25) is 0 Å². The summed E-state index contributed by atoms with van der Waals surface area (Å²) in [6.07, 6.45) is 8.94. The van der Waals surface area contributed by atoms with Crippen molar-refractivity contribution in [2.75, 3.05) is 0 Å². The van der Waals surface area contributed by atoms with Gasteiger partial charge in [-0.15, -0.1) is 0 Å². The lowest BCUT2D eigenvalue weighted by molar-refractivity contribution is 0.577. The van der Waals surface area contributed by atoms with Gasteiger partial charge >= 0.3 is 0 Å². The third-order valence-electron chi connectivity index (χ3n) is 5.85. The van der Waals surface area contributed by atoms with E-state index in [4.69, 9.17) is 147 Å². The van der Waals surface area contributed by atoms with Crippen LogP contribution in [0, 0.1) is 10.8 Å². The molecule has 0 aliphatic heterocycles. The van der Waals surface area contributed by atoms with Crippen molar-refractivity contribution in [2.24, 2.45) is 10.8 Å². The Morgan fingerprint density at radius 3 is 0.558 bits per heavy atom. The van der Waals surface area contributed by atoms with Gasteiger partial charge in [0.15, 0.2) is 0 Å². The Labute approximate surface area is 386 Å². The summed E-state index contributed by atoms with van der Waals surface area (Å²) in [5.74, 6) is 0. The van der Waals surface area contributed by atoms with E-state index < -0.39 is 0 Å². The van der Waals surface area contributed by atoms with Crippen molar-refractivity contribution in [3.63, 3.8) is 0 Å². The molecule has 0 aliphatic rings. The molecule has 52 heavy (non-hydrogen) atoms. The van der Waals surface area contributed by atoms with Crippen molar-refractivity contribution in [3.05, 3.63) is 0 Å². The molecule has 12 heteroatoms. The molecule has 0 atom stereocenters. The number of hydrogen-bond donors (Lipinski definition) is 0. The van der Waals surface area contributed by atoms with Crippen LogP contribution in [0.25, 0.3) is 0 Å². The van der Waals surface area contributed by atoms with Crippen LogP contribution in [0.4, 0.5) is 0 Å². The Bertz CT molecular complexity index is 1090. The number of thiocarbonyl (C=S) groups is 12. The molecule has 0 aliphatic carbocycles. The molecule has 0 unspecified atom stereocenters. The van der Waals surface area contributed by atoms with Crippen LogP contribution in [0.3, 0.4) is 0 Å². The molecule has 0 heterocycles. The minimum Gasteiger partial charge on any atom is -0.0896 e. The smallest absolute Gasteiger partial charge is 0.0113 e. The molecule has 0 nitrogen and oxygen atoms in total. The first kappa shape index (κ1) is 65.0. The molecule has 0 rings (SSSR count). The predicted molar refractivity (Wildman–Crippen MR) is 293 cm³/mol.